The third kappa shape index (κ3) is 2.31. The maximum atomic E-state index is 3.50. The highest BCUT2D eigenvalue weighted by molar-refractivity contribution is 7.10. The zero-order valence-electron chi connectivity index (χ0n) is 10.5. The lowest BCUT2D eigenvalue weighted by molar-refractivity contribution is 0.276. The van der Waals surface area contributed by atoms with Crippen LogP contribution < -0.4 is 5.32 Å². The molecule has 1 fully saturated rings. The Hall–Kier alpha value is -0.380. The summed E-state index contributed by atoms with van der Waals surface area (Å²) >= 11 is 1.92. The Labute approximate surface area is 103 Å². The van der Waals surface area contributed by atoms with Crippen molar-refractivity contribution >= 4 is 11.3 Å². The molecule has 1 saturated heterocycles. The van der Waals surface area contributed by atoms with Gasteiger partial charge in [0, 0.05) is 10.9 Å². The zero-order valence-corrected chi connectivity index (χ0v) is 11.3. The van der Waals surface area contributed by atoms with E-state index in [1.165, 1.54) is 18.5 Å². The minimum absolute atomic E-state index is 0.638. The van der Waals surface area contributed by atoms with E-state index in [9.17, 15) is 0 Å². The minimum Gasteiger partial charge on any atom is -0.317 e. The van der Waals surface area contributed by atoms with Crippen LogP contribution in [0.2, 0.25) is 0 Å². The van der Waals surface area contributed by atoms with E-state index >= 15 is 0 Å². The lowest BCUT2D eigenvalue weighted by atomic mass is 9.97. The Balaban J connectivity index is 2.13. The largest absolute Gasteiger partial charge is 0.317 e. The second-order valence-electron chi connectivity index (χ2n) is 4.75. The van der Waals surface area contributed by atoms with Gasteiger partial charge >= 0.3 is 0 Å². The molecule has 0 aromatic carbocycles. The average molecular weight is 238 g/mol. The first-order valence-corrected chi connectivity index (χ1v) is 7.07. The normalized spacial score (nSPS) is 26.4. The van der Waals surface area contributed by atoms with Crippen LogP contribution in [0.3, 0.4) is 0 Å². The van der Waals surface area contributed by atoms with Crippen molar-refractivity contribution in [2.75, 3.05) is 26.7 Å². The molecular weight excluding hydrogens is 216 g/mol. The van der Waals surface area contributed by atoms with Gasteiger partial charge in [-0.2, -0.15) is 0 Å². The predicted molar refractivity (Wildman–Crippen MR) is 71.1 cm³/mol. The second-order valence-corrected chi connectivity index (χ2v) is 5.70. The van der Waals surface area contributed by atoms with Crippen molar-refractivity contribution < 1.29 is 0 Å². The fourth-order valence-corrected chi connectivity index (χ4v) is 3.86. The van der Waals surface area contributed by atoms with E-state index < -0.39 is 0 Å². The maximum absolute atomic E-state index is 3.50. The third-order valence-electron chi connectivity index (χ3n) is 3.60. The van der Waals surface area contributed by atoms with Crippen molar-refractivity contribution in [3.05, 3.63) is 21.9 Å². The van der Waals surface area contributed by atoms with Crippen LogP contribution in [0.5, 0.6) is 0 Å². The van der Waals surface area contributed by atoms with Crippen LogP contribution in [0, 0.1) is 12.8 Å². The summed E-state index contributed by atoms with van der Waals surface area (Å²) < 4.78 is 0. The van der Waals surface area contributed by atoms with Gasteiger partial charge in [-0.3, -0.25) is 4.90 Å². The van der Waals surface area contributed by atoms with Gasteiger partial charge in [0.15, 0.2) is 0 Å². The molecule has 1 aliphatic rings. The van der Waals surface area contributed by atoms with Gasteiger partial charge in [0.2, 0.25) is 0 Å². The Morgan fingerprint density at radius 3 is 3.00 bits per heavy atom. The van der Waals surface area contributed by atoms with Gasteiger partial charge in [-0.1, -0.05) is 6.92 Å². The smallest absolute Gasteiger partial charge is 0.0481 e. The number of nitrogens with one attached hydrogen (secondary N) is 1. The number of hydrogen-bond donors (Lipinski definition) is 1. The standard InChI is InChI=1S/C13H22N2S/c1-4-14-9-11-5-7-15(3)12(11)13-10(2)6-8-16-13/h6,8,11-12,14H,4-5,7,9H2,1-3H3. The predicted octanol–water partition coefficient (Wildman–Crippen LogP) is 2.66. The van der Waals surface area contributed by atoms with Crippen LogP contribution >= 0.6 is 11.3 Å². The summed E-state index contributed by atoms with van der Waals surface area (Å²) in [6, 6.07) is 2.88. The highest BCUT2D eigenvalue weighted by atomic mass is 32.1. The van der Waals surface area contributed by atoms with Crippen molar-refractivity contribution in [2.24, 2.45) is 5.92 Å². The fourth-order valence-electron chi connectivity index (χ4n) is 2.67. The zero-order chi connectivity index (χ0) is 11.5. The Morgan fingerprint density at radius 2 is 2.38 bits per heavy atom. The van der Waals surface area contributed by atoms with Crippen LogP contribution in [0.15, 0.2) is 11.4 Å². The van der Waals surface area contributed by atoms with Gasteiger partial charge in [0.1, 0.15) is 0 Å². The van der Waals surface area contributed by atoms with E-state index in [-0.39, 0.29) is 0 Å². The molecule has 0 aliphatic carbocycles. The molecule has 0 radical (unpaired) electrons. The fraction of sp³-hybridized carbons (Fsp3) is 0.692. The van der Waals surface area contributed by atoms with Gasteiger partial charge in [0.25, 0.3) is 0 Å². The Bertz CT molecular complexity index is 334. The molecule has 1 N–H and O–H groups in total. The van der Waals surface area contributed by atoms with E-state index in [0.717, 1.165) is 19.0 Å². The molecule has 90 valence electrons. The van der Waals surface area contributed by atoms with Crippen LogP contribution in [0.1, 0.15) is 29.8 Å². The molecule has 0 spiro atoms. The maximum Gasteiger partial charge on any atom is 0.0481 e. The monoisotopic (exact) mass is 238 g/mol. The molecule has 2 rings (SSSR count). The summed E-state index contributed by atoms with van der Waals surface area (Å²) in [5.74, 6) is 0.780. The SMILES string of the molecule is CCNCC1CCN(C)C1c1sccc1C. The highest BCUT2D eigenvalue weighted by Crippen LogP contribution is 2.39. The average Bonchev–Trinajstić information content (AvgIpc) is 2.82. The Morgan fingerprint density at radius 1 is 1.56 bits per heavy atom. The van der Waals surface area contributed by atoms with Gasteiger partial charge < -0.3 is 5.32 Å². The van der Waals surface area contributed by atoms with Gasteiger partial charge in [-0.15, -0.1) is 11.3 Å². The van der Waals surface area contributed by atoms with Crippen molar-refractivity contribution in [2.45, 2.75) is 26.3 Å². The molecule has 16 heavy (non-hydrogen) atoms. The summed E-state index contributed by atoms with van der Waals surface area (Å²) in [6.07, 6.45) is 1.32. The van der Waals surface area contributed by atoms with Crippen LogP contribution in [0.4, 0.5) is 0 Å². The Kier molecular flexibility index (Phi) is 4.00. The third-order valence-corrected chi connectivity index (χ3v) is 4.69. The number of nitrogens with zero attached hydrogens (tertiary/aromatic N) is 1. The number of aryl methyl sites for hydroxylation is 1. The molecule has 2 unspecified atom stereocenters. The van der Waals surface area contributed by atoms with E-state index in [1.54, 1.807) is 4.88 Å². The van der Waals surface area contributed by atoms with Crippen molar-refractivity contribution in [1.82, 2.24) is 10.2 Å². The van der Waals surface area contributed by atoms with E-state index in [2.05, 4.69) is 42.6 Å². The second kappa shape index (κ2) is 5.30. The number of likely N-dealkylation sites (tertiary alicyclic amines) is 1. The first-order valence-electron chi connectivity index (χ1n) is 6.19. The van der Waals surface area contributed by atoms with Gasteiger partial charge in [0.05, 0.1) is 0 Å². The van der Waals surface area contributed by atoms with E-state index in [4.69, 9.17) is 0 Å². The summed E-state index contributed by atoms with van der Waals surface area (Å²) in [7, 11) is 2.26. The lowest BCUT2D eigenvalue weighted by Gasteiger charge is -2.25. The van der Waals surface area contributed by atoms with Crippen LogP contribution in [-0.2, 0) is 0 Å². The topological polar surface area (TPSA) is 15.3 Å². The van der Waals surface area contributed by atoms with Crippen molar-refractivity contribution in [3.63, 3.8) is 0 Å². The molecule has 1 aromatic rings. The molecule has 0 saturated carbocycles. The lowest BCUT2D eigenvalue weighted by Crippen LogP contribution is -2.28. The van der Waals surface area contributed by atoms with E-state index in [0.29, 0.717) is 6.04 Å². The summed E-state index contributed by atoms with van der Waals surface area (Å²) in [6.45, 7) is 7.89. The summed E-state index contributed by atoms with van der Waals surface area (Å²) in [5, 5.41) is 5.72. The molecule has 3 heteroatoms. The quantitative estimate of drug-likeness (QED) is 0.867. The molecular formula is C13H22N2S. The minimum atomic E-state index is 0.638. The van der Waals surface area contributed by atoms with Crippen LogP contribution in [-0.4, -0.2) is 31.6 Å². The van der Waals surface area contributed by atoms with E-state index in [1.807, 2.05) is 11.3 Å². The molecule has 0 amide bonds. The number of hydrogen-bond acceptors (Lipinski definition) is 3. The summed E-state index contributed by atoms with van der Waals surface area (Å²) in [5.41, 5.74) is 1.46. The molecule has 1 aromatic heterocycles. The van der Waals surface area contributed by atoms with Crippen LogP contribution in [0.25, 0.3) is 0 Å². The molecule has 2 atom stereocenters. The molecule has 1 aliphatic heterocycles. The molecule has 2 nitrogen and oxygen atoms in total. The van der Waals surface area contributed by atoms with Gasteiger partial charge in [-0.25, -0.2) is 0 Å². The highest BCUT2D eigenvalue weighted by Gasteiger charge is 2.33. The first kappa shape index (κ1) is 12.1. The van der Waals surface area contributed by atoms with Crippen molar-refractivity contribution in [1.29, 1.82) is 0 Å². The number of rotatable bonds is 4. The van der Waals surface area contributed by atoms with Crippen molar-refractivity contribution in [3.8, 4) is 0 Å². The number of thiophene rings is 1. The first-order chi connectivity index (χ1) is 7.74. The molecule has 2 heterocycles. The molecule has 0 bridgehead atoms. The summed E-state index contributed by atoms with van der Waals surface area (Å²) in [4.78, 5) is 4.09. The van der Waals surface area contributed by atoms with Gasteiger partial charge in [-0.05, 0) is 63.0 Å².